The molecule has 114 valence electrons. The molecular formula is C15H21BrN4O. The Hall–Kier alpha value is -1.43. The first-order valence-corrected chi connectivity index (χ1v) is 8.04. The molecule has 0 atom stereocenters. The van der Waals surface area contributed by atoms with E-state index in [9.17, 15) is 4.79 Å². The fraction of sp³-hybridized carbons (Fsp3) is 0.533. The average Bonchev–Trinajstić information content (AvgIpc) is 2.91. The maximum atomic E-state index is 12.1. The van der Waals surface area contributed by atoms with Crippen molar-refractivity contribution < 1.29 is 0 Å². The van der Waals surface area contributed by atoms with Crippen LogP contribution in [-0.2, 0) is 6.54 Å². The molecule has 0 aliphatic rings. The molecule has 0 fully saturated rings. The second kappa shape index (κ2) is 6.56. The van der Waals surface area contributed by atoms with Gasteiger partial charge in [0.05, 0.1) is 28.4 Å². The van der Waals surface area contributed by atoms with Gasteiger partial charge in [0, 0.05) is 11.9 Å². The third-order valence-corrected chi connectivity index (χ3v) is 4.98. The number of aromatic nitrogens is 4. The van der Waals surface area contributed by atoms with Gasteiger partial charge in [-0.2, -0.15) is 10.1 Å². The van der Waals surface area contributed by atoms with Crippen molar-refractivity contribution in [2.45, 2.75) is 53.1 Å². The van der Waals surface area contributed by atoms with Crippen molar-refractivity contribution in [1.82, 2.24) is 19.3 Å². The number of nitrogens with zero attached hydrogens (tertiary/aromatic N) is 4. The molecule has 2 aromatic heterocycles. The van der Waals surface area contributed by atoms with Gasteiger partial charge in [-0.1, -0.05) is 13.8 Å². The Morgan fingerprint density at radius 2 is 1.95 bits per heavy atom. The Bertz CT molecular complexity index is 685. The minimum absolute atomic E-state index is 0.231. The number of rotatable bonds is 5. The summed E-state index contributed by atoms with van der Waals surface area (Å²) in [6.07, 6.45) is 4.09. The van der Waals surface area contributed by atoms with E-state index in [0.29, 0.717) is 12.6 Å². The Labute approximate surface area is 133 Å². The van der Waals surface area contributed by atoms with Crippen LogP contribution in [0.1, 0.15) is 49.8 Å². The van der Waals surface area contributed by atoms with E-state index >= 15 is 0 Å². The topological polar surface area (TPSA) is 52.7 Å². The molecule has 2 rings (SSSR count). The minimum atomic E-state index is -0.231. The lowest BCUT2D eigenvalue weighted by molar-refractivity contribution is 0.424. The minimum Gasteiger partial charge on any atom is -0.289 e. The molecule has 6 heteroatoms. The molecule has 2 aromatic rings. The molecule has 0 N–H and O–H groups in total. The standard InChI is InChI=1S/C15H21BrN4O/c1-5-13(6-2)20-8-7-12(18-20)9-19-11(4)14(16)10(3)17-15(19)21/h7-8,13H,5-6,9H2,1-4H3. The third-order valence-electron chi connectivity index (χ3n) is 3.83. The van der Waals surface area contributed by atoms with E-state index in [4.69, 9.17) is 0 Å². The van der Waals surface area contributed by atoms with E-state index in [1.54, 1.807) is 4.57 Å². The lowest BCUT2D eigenvalue weighted by Gasteiger charge is -2.13. The Morgan fingerprint density at radius 1 is 1.29 bits per heavy atom. The number of aryl methyl sites for hydroxylation is 1. The SMILES string of the molecule is CCC(CC)n1ccc(Cn2c(C)c(Br)c(C)nc2=O)n1. The van der Waals surface area contributed by atoms with E-state index < -0.39 is 0 Å². The van der Waals surface area contributed by atoms with Gasteiger partial charge in [0.1, 0.15) is 0 Å². The molecule has 0 saturated carbocycles. The summed E-state index contributed by atoms with van der Waals surface area (Å²) in [6.45, 7) is 8.50. The molecule has 5 nitrogen and oxygen atoms in total. The molecule has 0 unspecified atom stereocenters. The van der Waals surface area contributed by atoms with Gasteiger partial charge < -0.3 is 0 Å². The summed E-state index contributed by atoms with van der Waals surface area (Å²) in [6, 6.07) is 2.39. The predicted molar refractivity (Wildman–Crippen MR) is 86.6 cm³/mol. The highest BCUT2D eigenvalue weighted by molar-refractivity contribution is 9.10. The number of halogens is 1. The summed E-state index contributed by atoms with van der Waals surface area (Å²) in [4.78, 5) is 16.1. The van der Waals surface area contributed by atoms with Gasteiger partial charge >= 0.3 is 5.69 Å². The Morgan fingerprint density at radius 3 is 2.57 bits per heavy atom. The highest BCUT2D eigenvalue weighted by Crippen LogP contribution is 2.18. The lowest BCUT2D eigenvalue weighted by atomic mass is 10.2. The van der Waals surface area contributed by atoms with E-state index in [2.05, 4.69) is 39.9 Å². The summed E-state index contributed by atoms with van der Waals surface area (Å²) < 4.78 is 4.52. The van der Waals surface area contributed by atoms with Gasteiger partial charge in [-0.25, -0.2) is 4.79 Å². The summed E-state index contributed by atoms with van der Waals surface area (Å²) in [7, 11) is 0. The van der Waals surface area contributed by atoms with Crippen LogP contribution in [-0.4, -0.2) is 19.3 Å². The van der Waals surface area contributed by atoms with E-state index in [-0.39, 0.29) is 5.69 Å². The van der Waals surface area contributed by atoms with E-state index in [0.717, 1.165) is 34.4 Å². The van der Waals surface area contributed by atoms with Gasteiger partial charge in [0.2, 0.25) is 0 Å². The smallest absolute Gasteiger partial charge is 0.289 e. The highest BCUT2D eigenvalue weighted by atomic mass is 79.9. The van der Waals surface area contributed by atoms with Crippen molar-refractivity contribution in [2.24, 2.45) is 0 Å². The van der Waals surface area contributed by atoms with Crippen molar-refractivity contribution in [1.29, 1.82) is 0 Å². The van der Waals surface area contributed by atoms with Gasteiger partial charge in [-0.3, -0.25) is 9.25 Å². The predicted octanol–water partition coefficient (Wildman–Crippen LogP) is 3.23. The van der Waals surface area contributed by atoms with Crippen molar-refractivity contribution in [2.75, 3.05) is 0 Å². The van der Waals surface area contributed by atoms with Crippen LogP contribution in [0.25, 0.3) is 0 Å². The van der Waals surface area contributed by atoms with Crippen LogP contribution in [0.3, 0.4) is 0 Å². The average molecular weight is 353 g/mol. The van der Waals surface area contributed by atoms with Crippen molar-refractivity contribution in [3.05, 3.63) is 44.3 Å². The van der Waals surface area contributed by atoms with E-state index in [1.165, 1.54) is 0 Å². The molecule has 0 amide bonds. The van der Waals surface area contributed by atoms with E-state index in [1.807, 2.05) is 30.8 Å². The normalized spacial score (nSPS) is 11.3. The van der Waals surface area contributed by atoms with Crippen LogP contribution in [0.2, 0.25) is 0 Å². The Balaban J connectivity index is 2.32. The zero-order valence-electron chi connectivity index (χ0n) is 12.9. The van der Waals surface area contributed by atoms with Crippen LogP contribution in [0, 0.1) is 13.8 Å². The largest absolute Gasteiger partial charge is 0.348 e. The summed E-state index contributed by atoms with van der Waals surface area (Å²) in [5.74, 6) is 0. The molecule has 0 saturated heterocycles. The van der Waals surface area contributed by atoms with Gasteiger partial charge in [0.25, 0.3) is 0 Å². The highest BCUT2D eigenvalue weighted by Gasteiger charge is 2.12. The van der Waals surface area contributed by atoms with Crippen molar-refractivity contribution in [3.63, 3.8) is 0 Å². The molecular weight excluding hydrogens is 332 g/mol. The molecule has 0 aliphatic carbocycles. The first-order chi connectivity index (χ1) is 9.97. The zero-order valence-corrected chi connectivity index (χ0v) is 14.5. The second-order valence-corrected chi connectivity index (χ2v) is 6.02. The maximum absolute atomic E-state index is 12.1. The monoisotopic (exact) mass is 352 g/mol. The molecule has 0 radical (unpaired) electrons. The number of hydrogen-bond donors (Lipinski definition) is 0. The lowest BCUT2D eigenvalue weighted by Crippen LogP contribution is -2.27. The van der Waals surface area contributed by atoms with Crippen LogP contribution < -0.4 is 5.69 Å². The van der Waals surface area contributed by atoms with Crippen LogP contribution >= 0.6 is 15.9 Å². The first kappa shape index (κ1) is 15.9. The molecule has 0 bridgehead atoms. The zero-order chi connectivity index (χ0) is 15.6. The summed E-state index contributed by atoms with van der Waals surface area (Å²) in [5.41, 5.74) is 2.25. The van der Waals surface area contributed by atoms with Crippen LogP contribution in [0.4, 0.5) is 0 Å². The van der Waals surface area contributed by atoms with Crippen molar-refractivity contribution >= 4 is 15.9 Å². The molecule has 0 aliphatic heterocycles. The fourth-order valence-electron chi connectivity index (χ4n) is 2.45. The first-order valence-electron chi connectivity index (χ1n) is 7.25. The quantitative estimate of drug-likeness (QED) is 0.829. The van der Waals surface area contributed by atoms with Gasteiger partial charge in [0.15, 0.2) is 0 Å². The van der Waals surface area contributed by atoms with Crippen LogP contribution in [0.15, 0.2) is 21.5 Å². The maximum Gasteiger partial charge on any atom is 0.348 e. The van der Waals surface area contributed by atoms with Gasteiger partial charge in [-0.05, 0) is 48.7 Å². The van der Waals surface area contributed by atoms with Crippen molar-refractivity contribution in [3.8, 4) is 0 Å². The summed E-state index contributed by atoms with van der Waals surface area (Å²) >= 11 is 3.48. The third kappa shape index (κ3) is 3.26. The fourth-order valence-corrected chi connectivity index (χ4v) is 2.76. The van der Waals surface area contributed by atoms with Gasteiger partial charge in [-0.15, -0.1) is 0 Å². The number of hydrogen-bond acceptors (Lipinski definition) is 3. The summed E-state index contributed by atoms with van der Waals surface area (Å²) in [5, 5.41) is 4.60. The van der Waals surface area contributed by atoms with Crippen LogP contribution in [0.5, 0.6) is 0 Å². The molecule has 0 spiro atoms. The molecule has 2 heterocycles. The molecule has 0 aromatic carbocycles. The Kier molecular flexibility index (Phi) is 4.98. The molecule has 21 heavy (non-hydrogen) atoms. The second-order valence-electron chi connectivity index (χ2n) is 5.22.